The molecule has 3 heterocycles. The number of ether oxygens (including phenoxy) is 6. The second kappa shape index (κ2) is 15.9. The molecule has 5 aliphatic rings. The first-order chi connectivity index (χ1) is 25.5. The summed E-state index contributed by atoms with van der Waals surface area (Å²) in [5.41, 5.74) is -1.16. The second-order valence-electron chi connectivity index (χ2n) is 14.5. The van der Waals surface area contributed by atoms with Gasteiger partial charge >= 0.3 is 35.8 Å². The van der Waals surface area contributed by atoms with Crippen molar-refractivity contribution in [2.24, 2.45) is 5.41 Å². The largest absolute Gasteiger partial charge is 0.419 e. The van der Waals surface area contributed by atoms with Crippen LogP contribution in [0.5, 0.6) is 0 Å². The van der Waals surface area contributed by atoms with E-state index in [1.165, 1.54) is 49.5 Å². The summed E-state index contributed by atoms with van der Waals surface area (Å²) in [6.07, 6.45) is 14.3. The number of allylic oxidation sites excluding steroid dienone is 9. The van der Waals surface area contributed by atoms with E-state index >= 15 is 0 Å². The average Bonchev–Trinajstić information content (AvgIpc) is 3.06. The van der Waals surface area contributed by atoms with Gasteiger partial charge in [0.05, 0.1) is 5.57 Å². The van der Waals surface area contributed by atoms with Gasteiger partial charge < -0.3 is 28.4 Å². The van der Waals surface area contributed by atoms with Gasteiger partial charge in [-0.2, -0.15) is 0 Å². The Bertz CT molecular complexity index is 1740. The zero-order valence-electron chi connectivity index (χ0n) is 30.8. The maximum absolute atomic E-state index is 12.9. The van der Waals surface area contributed by atoms with Gasteiger partial charge in [0.15, 0.2) is 11.6 Å². The van der Waals surface area contributed by atoms with Gasteiger partial charge in [0.25, 0.3) is 17.4 Å². The molecule has 0 aromatic rings. The summed E-state index contributed by atoms with van der Waals surface area (Å²) in [7, 11) is 0. The number of Topliss-reactive ketones (excluding diaryl/α,β-unsaturated/α-hetero) is 2. The SMILES string of the molecule is CCCC1(C)CC(=O)C(=C/C=C/CC=C2C(=O)OC3(CCC4(CC3)OC(=O)C(=C/C=C/CC=C3C(=O)OC(C)(CCC)OC3=O)C(=O)O4)OC2=O)C(=O)C1. The highest BCUT2D eigenvalue weighted by molar-refractivity contribution is 6.22. The lowest BCUT2D eigenvalue weighted by Gasteiger charge is -2.46. The summed E-state index contributed by atoms with van der Waals surface area (Å²) < 4.78 is 32.6. The highest BCUT2D eigenvalue weighted by atomic mass is 16.8. The molecular weight excluding hydrogens is 704 g/mol. The highest BCUT2D eigenvalue weighted by Gasteiger charge is 2.56. The summed E-state index contributed by atoms with van der Waals surface area (Å²) in [5, 5.41) is 0. The summed E-state index contributed by atoms with van der Waals surface area (Å²) in [5.74, 6) is -10.3. The molecule has 3 aliphatic heterocycles. The smallest absolute Gasteiger partial charge is 0.348 e. The van der Waals surface area contributed by atoms with Crippen LogP contribution < -0.4 is 0 Å². The molecule has 0 unspecified atom stereocenters. The predicted molar refractivity (Wildman–Crippen MR) is 186 cm³/mol. The number of hydrogen-bond donors (Lipinski definition) is 0. The number of cyclic esters (lactones) is 2. The van der Waals surface area contributed by atoms with Gasteiger partial charge in [-0.25, -0.2) is 28.8 Å². The maximum Gasteiger partial charge on any atom is 0.348 e. The van der Waals surface area contributed by atoms with Crippen LogP contribution in [0.3, 0.4) is 0 Å². The first-order valence-electron chi connectivity index (χ1n) is 18.2. The van der Waals surface area contributed by atoms with E-state index in [4.69, 9.17) is 28.4 Å². The predicted octanol–water partition coefficient (Wildman–Crippen LogP) is 5.11. The Morgan fingerprint density at radius 2 is 0.870 bits per heavy atom. The number of ketones is 2. The van der Waals surface area contributed by atoms with Crippen molar-refractivity contribution in [3.05, 3.63) is 70.9 Å². The van der Waals surface area contributed by atoms with Crippen LogP contribution in [-0.2, 0) is 66.8 Å². The number of hydrogen-bond acceptors (Lipinski definition) is 14. The number of carbonyl (C=O) groups is 8. The van der Waals surface area contributed by atoms with Crippen molar-refractivity contribution in [1.29, 1.82) is 0 Å². The third-order valence-electron chi connectivity index (χ3n) is 9.87. The molecule has 3 saturated heterocycles. The molecule has 0 aromatic carbocycles. The molecule has 14 nitrogen and oxygen atoms in total. The van der Waals surface area contributed by atoms with Gasteiger partial charge in [-0.15, -0.1) is 0 Å². The van der Waals surface area contributed by atoms with E-state index in [-0.39, 0.29) is 77.8 Å². The lowest BCUT2D eigenvalue weighted by atomic mass is 9.70. The molecule has 0 radical (unpaired) electrons. The van der Waals surface area contributed by atoms with Gasteiger partial charge in [0, 0.05) is 51.9 Å². The van der Waals surface area contributed by atoms with Crippen LogP contribution in [0, 0.1) is 5.41 Å². The van der Waals surface area contributed by atoms with Gasteiger partial charge in [0.1, 0.15) is 16.7 Å². The van der Waals surface area contributed by atoms with Crippen LogP contribution in [0.1, 0.15) is 105 Å². The first kappa shape index (κ1) is 39.8. The third kappa shape index (κ3) is 8.86. The van der Waals surface area contributed by atoms with Gasteiger partial charge in [-0.1, -0.05) is 63.6 Å². The minimum absolute atomic E-state index is 0.0797. The van der Waals surface area contributed by atoms with Crippen LogP contribution in [0.2, 0.25) is 0 Å². The Kier molecular flexibility index (Phi) is 11.7. The van der Waals surface area contributed by atoms with E-state index in [9.17, 15) is 38.4 Å². The van der Waals surface area contributed by atoms with E-state index in [2.05, 4.69) is 0 Å². The fourth-order valence-corrected chi connectivity index (χ4v) is 7.16. The molecular formula is C40H44O14. The number of carbonyl (C=O) groups excluding carboxylic acids is 8. The number of rotatable bonds is 10. The molecule has 0 bridgehead atoms. The quantitative estimate of drug-likeness (QED) is 0.124. The van der Waals surface area contributed by atoms with Crippen molar-refractivity contribution in [3.8, 4) is 0 Å². The zero-order chi connectivity index (χ0) is 39.3. The Morgan fingerprint density at radius 3 is 1.28 bits per heavy atom. The molecule has 54 heavy (non-hydrogen) atoms. The average molecular weight is 749 g/mol. The van der Waals surface area contributed by atoms with E-state index < -0.39 is 53.2 Å². The minimum atomic E-state index is -1.65. The molecule has 2 saturated carbocycles. The van der Waals surface area contributed by atoms with Crippen LogP contribution in [0.15, 0.2) is 70.9 Å². The molecule has 5 rings (SSSR count). The van der Waals surface area contributed by atoms with Crippen LogP contribution in [0.4, 0.5) is 0 Å². The minimum Gasteiger partial charge on any atom is -0.419 e. The van der Waals surface area contributed by atoms with Crippen LogP contribution in [-0.4, -0.2) is 64.7 Å². The fourth-order valence-electron chi connectivity index (χ4n) is 7.16. The Balaban J connectivity index is 1.11. The van der Waals surface area contributed by atoms with E-state index in [1.807, 2.05) is 20.8 Å². The van der Waals surface area contributed by atoms with Crippen LogP contribution >= 0.6 is 0 Å². The molecule has 2 spiro atoms. The zero-order valence-corrected chi connectivity index (χ0v) is 30.8. The Hall–Kier alpha value is -5.40. The van der Waals surface area contributed by atoms with E-state index in [1.54, 1.807) is 6.08 Å². The summed E-state index contributed by atoms with van der Waals surface area (Å²) >= 11 is 0. The molecule has 0 amide bonds. The van der Waals surface area contributed by atoms with Crippen molar-refractivity contribution in [2.75, 3.05) is 0 Å². The standard InChI is InChI=1S/C40H44O14/c1-5-17-37(3)23-29(41)25(30(42)24-37)13-9-7-10-15-27-33(45)51-39(52-34(27)46)19-21-40(22-20-39)53-35(47)28(36(48)54-40)16-12-8-11-14-26-31(43)49-38(4,18-6-2)50-32(26)44/h7-9,12-16H,5-6,10-11,17-24H2,1-4H3/b9-7+,12-8+,25-13?,26-14?,27-15?,28-16?. The molecule has 2 aliphatic carbocycles. The van der Waals surface area contributed by atoms with Crippen molar-refractivity contribution in [1.82, 2.24) is 0 Å². The van der Waals surface area contributed by atoms with Crippen molar-refractivity contribution in [2.45, 2.75) is 122 Å². The summed E-state index contributed by atoms with van der Waals surface area (Å²) in [6, 6.07) is 0. The Morgan fingerprint density at radius 1 is 0.500 bits per heavy atom. The highest BCUT2D eigenvalue weighted by Crippen LogP contribution is 2.45. The fraction of sp³-hybridized carbons (Fsp3) is 0.500. The van der Waals surface area contributed by atoms with Crippen molar-refractivity contribution < 1.29 is 66.8 Å². The monoisotopic (exact) mass is 748 g/mol. The van der Waals surface area contributed by atoms with Crippen LogP contribution in [0.25, 0.3) is 0 Å². The third-order valence-corrected chi connectivity index (χ3v) is 9.87. The van der Waals surface area contributed by atoms with E-state index in [0.717, 1.165) is 12.8 Å². The molecule has 0 atom stereocenters. The number of esters is 6. The van der Waals surface area contributed by atoms with Gasteiger partial charge in [0.2, 0.25) is 0 Å². The topological polar surface area (TPSA) is 192 Å². The lowest BCUT2D eigenvalue weighted by molar-refractivity contribution is -0.291. The molecule has 0 N–H and O–H groups in total. The van der Waals surface area contributed by atoms with Crippen molar-refractivity contribution >= 4 is 47.4 Å². The molecule has 14 heteroatoms. The molecule has 5 fully saturated rings. The summed E-state index contributed by atoms with van der Waals surface area (Å²) in [4.78, 5) is 101. The van der Waals surface area contributed by atoms with Gasteiger partial charge in [-0.3, -0.25) is 9.59 Å². The van der Waals surface area contributed by atoms with E-state index in [0.29, 0.717) is 25.7 Å². The van der Waals surface area contributed by atoms with Gasteiger partial charge in [-0.05, 0) is 43.3 Å². The maximum atomic E-state index is 12.9. The lowest BCUT2D eigenvalue weighted by Crippen LogP contribution is -2.56. The second-order valence-corrected chi connectivity index (χ2v) is 14.5. The molecule has 288 valence electrons. The first-order valence-corrected chi connectivity index (χ1v) is 18.2. The summed E-state index contributed by atoms with van der Waals surface area (Å²) in [6.45, 7) is 7.34. The molecule has 0 aromatic heterocycles. The Labute approximate surface area is 312 Å². The van der Waals surface area contributed by atoms with Crippen molar-refractivity contribution in [3.63, 3.8) is 0 Å². The normalized spacial score (nSPS) is 30.3.